The molecule has 0 aliphatic heterocycles. The van der Waals surface area contributed by atoms with Gasteiger partial charge in [-0.1, -0.05) is 12.1 Å². The van der Waals surface area contributed by atoms with Crippen LogP contribution in [0, 0.1) is 0 Å². The zero-order valence-electron chi connectivity index (χ0n) is 11.4. The Morgan fingerprint density at radius 2 is 2.14 bits per heavy atom. The van der Waals surface area contributed by atoms with Crippen LogP contribution in [-0.2, 0) is 21.4 Å². The number of hydrogen-bond acceptors (Lipinski definition) is 5. The number of aromatic amines is 1. The molecule has 0 aliphatic rings. The van der Waals surface area contributed by atoms with Crippen molar-refractivity contribution in [1.82, 2.24) is 19.4 Å². The van der Waals surface area contributed by atoms with Crippen LogP contribution in [0.4, 0.5) is 4.79 Å². The van der Waals surface area contributed by atoms with Gasteiger partial charge in [0.15, 0.2) is 0 Å². The van der Waals surface area contributed by atoms with Gasteiger partial charge in [0.05, 0.1) is 17.6 Å². The van der Waals surface area contributed by atoms with Gasteiger partial charge in [0.1, 0.15) is 5.82 Å². The van der Waals surface area contributed by atoms with E-state index in [1.165, 1.54) is 0 Å². The molecule has 3 N–H and O–H groups in total. The van der Waals surface area contributed by atoms with E-state index in [4.69, 9.17) is 0 Å². The molecule has 0 fully saturated rings. The second-order valence-electron chi connectivity index (χ2n) is 4.17. The second-order valence-corrected chi connectivity index (χ2v) is 5.67. The minimum absolute atomic E-state index is 0.0976. The summed E-state index contributed by atoms with van der Waals surface area (Å²) in [6, 6.07) is 7.51. The average molecular weight is 312 g/mol. The van der Waals surface area contributed by atoms with Crippen molar-refractivity contribution in [3.8, 4) is 0 Å². The molecule has 0 saturated carbocycles. The zero-order valence-corrected chi connectivity index (χ0v) is 12.2. The first-order valence-electron chi connectivity index (χ1n) is 6.38. The Bertz CT molecular complexity index is 693. The van der Waals surface area contributed by atoms with Crippen molar-refractivity contribution in [3.63, 3.8) is 0 Å². The molecule has 1 aromatic carbocycles. The first kappa shape index (κ1) is 15.3. The van der Waals surface area contributed by atoms with Gasteiger partial charge in [-0.3, -0.25) is 0 Å². The number of carbonyl (C=O) groups is 1. The molecule has 0 radical (unpaired) electrons. The number of nitrogens with zero attached hydrogens (tertiary/aromatic N) is 1. The zero-order chi connectivity index (χ0) is 15.3. The van der Waals surface area contributed by atoms with E-state index in [9.17, 15) is 13.2 Å². The number of benzene rings is 1. The van der Waals surface area contributed by atoms with Crippen molar-refractivity contribution in [2.45, 2.75) is 13.3 Å². The van der Waals surface area contributed by atoms with Gasteiger partial charge in [-0.15, -0.1) is 0 Å². The molecule has 114 valence electrons. The summed E-state index contributed by atoms with van der Waals surface area (Å²) in [5.74, 6) is 0.662. The van der Waals surface area contributed by atoms with Gasteiger partial charge in [0.2, 0.25) is 0 Å². The number of amides is 1. The maximum atomic E-state index is 11.5. The molecular weight excluding hydrogens is 296 g/mol. The van der Waals surface area contributed by atoms with E-state index in [1.807, 2.05) is 24.3 Å². The Labute approximate surface area is 122 Å². The number of para-hydroxylation sites is 2. The minimum atomic E-state index is -3.92. The van der Waals surface area contributed by atoms with Crippen molar-refractivity contribution >= 4 is 27.3 Å². The fourth-order valence-electron chi connectivity index (χ4n) is 1.73. The molecular formula is C12H16N4O4S. The van der Waals surface area contributed by atoms with E-state index >= 15 is 0 Å². The molecule has 0 bridgehead atoms. The molecule has 0 spiro atoms. The maximum Gasteiger partial charge on any atom is 0.421 e. The second kappa shape index (κ2) is 6.55. The van der Waals surface area contributed by atoms with Crippen LogP contribution < -0.4 is 9.44 Å². The molecule has 21 heavy (non-hydrogen) atoms. The Balaban J connectivity index is 1.87. The monoisotopic (exact) mass is 312 g/mol. The van der Waals surface area contributed by atoms with E-state index < -0.39 is 16.3 Å². The number of aromatic nitrogens is 2. The number of rotatable bonds is 6. The maximum absolute atomic E-state index is 11.5. The van der Waals surface area contributed by atoms with Gasteiger partial charge in [0, 0.05) is 13.0 Å². The van der Waals surface area contributed by atoms with Gasteiger partial charge in [-0.25, -0.2) is 14.5 Å². The topological polar surface area (TPSA) is 113 Å². The van der Waals surface area contributed by atoms with E-state index in [0.29, 0.717) is 12.2 Å². The SMILES string of the molecule is CCOC(=O)NS(=O)(=O)NCCc1nc2ccccc2[nH]1. The molecule has 0 atom stereocenters. The molecule has 8 nitrogen and oxygen atoms in total. The van der Waals surface area contributed by atoms with Crippen molar-refractivity contribution in [2.24, 2.45) is 0 Å². The number of carbonyl (C=O) groups excluding carboxylic acids is 1. The van der Waals surface area contributed by atoms with Crippen molar-refractivity contribution in [1.29, 1.82) is 0 Å². The summed E-state index contributed by atoms with van der Waals surface area (Å²) >= 11 is 0. The van der Waals surface area contributed by atoms with Crippen LogP contribution in [0.1, 0.15) is 12.7 Å². The van der Waals surface area contributed by atoms with E-state index in [1.54, 1.807) is 11.6 Å². The molecule has 2 aromatic rings. The van der Waals surface area contributed by atoms with Crippen molar-refractivity contribution < 1.29 is 17.9 Å². The average Bonchev–Trinajstić information content (AvgIpc) is 2.80. The number of imidazole rings is 1. The molecule has 2 rings (SSSR count). The Kier molecular flexibility index (Phi) is 4.76. The number of nitrogens with one attached hydrogen (secondary N) is 3. The molecule has 0 aliphatic carbocycles. The molecule has 0 saturated heterocycles. The Morgan fingerprint density at radius 1 is 1.38 bits per heavy atom. The number of hydrogen-bond donors (Lipinski definition) is 3. The van der Waals surface area contributed by atoms with Crippen LogP contribution in [-0.4, -0.2) is 37.6 Å². The first-order chi connectivity index (χ1) is 10.00. The van der Waals surface area contributed by atoms with Gasteiger partial charge < -0.3 is 9.72 Å². The number of ether oxygens (including phenoxy) is 1. The summed E-state index contributed by atoms with van der Waals surface area (Å²) in [4.78, 5) is 18.4. The van der Waals surface area contributed by atoms with Crippen LogP contribution >= 0.6 is 0 Å². The highest BCUT2D eigenvalue weighted by Gasteiger charge is 2.14. The highest BCUT2D eigenvalue weighted by molar-refractivity contribution is 7.88. The van der Waals surface area contributed by atoms with Crippen LogP contribution in [0.5, 0.6) is 0 Å². The van der Waals surface area contributed by atoms with Gasteiger partial charge in [0.25, 0.3) is 0 Å². The number of H-pyrrole nitrogens is 1. The van der Waals surface area contributed by atoms with Crippen LogP contribution in [0.3, 0.4) is 0 Å². The fraction of sp³-hybridized carbons (Fsp3) is 0.333. The molecule has 9 heteroatoms. The minimum Gasteiger partial charge on any atom is -0.449 e. The lowest BCUT2D eigenvalue weighted by Gasteiger charge is -2.07. The molecule has 1 aromatic heterocycles. The van der Waals surface area contributed by atoms with E-state index in [-0.39, 0.29) is 13.2 Å². The highest BCUT2D eigenvalue weighted by Crippen LogP contribution is 2.10. The largest absolute Gasteiger partial charge is 0.449 e. The predicted octanol–water partition coefficient (Wildman–Crippen LogP) is 0.686. The Morgan fingerprint density at radius 3 is 2.86 bits per heavy atom. The summed E-state index contributed by atoms with van der Waals surface area (Å²) in [5, 5.41) is 0. The lowest BCUT2D eigenvalue weighted by atomic mass is 10.3. The smallest absolute Gasteiger partial charge is 0.421 e. The molecule has 1 amide bonds. The van der Waals surface area contributed by atoms with Crippen LogP contribution in [0.15, 0.2) is 24.3 Å². The predicted molar refractivity (Wildman–Crippen MR) is 76.9 cm³/mol. The third-order valence-corrected chi connectivity index (χ3v) is 3.60. The van der Waals surface area contributed by atoms with Crippen LogP contribution in [0.25, 0.3) is 11.0 Å². The van der Waals surface area contributed by atoms with Crippen molar-refractivity contribution in [3.05, 3.63) is 30.1 Å². The molecule has 1 heterocycles. The standard InChI is InChI=1S/C12H16N4O4S/c1-2-20-12(17)16-21(18,19)13-8-7-11-14-9-5-3-4-6-10(9)15-11/h3-6,13H,2,7-8H2,1H3,(H,14,15)(H,16,17). The van der Waals surface area contributed by atoms with Crippen molar-refractivity contribution in [2.75, 3.05) is 13.2 Å². The summed E-state index contributed by atoms with van der Waals surface area (Å²) < 4.78 is 31.5. The summed E-state index contributed by atoms with van der Waals surface area (Å²) in [7, 11) is -3.92. The highest BCUT2D eigenvalue weighted by atomic mass is 32.2. The first-order valence-corrected chi connectivity index (χ1v) is 7.86. The lowest BCUT2D eigenvalue weighted by Crippen LogP contribution is -2.41. The number of fused-ring (bicyclic) bond motifs is 1. The molecule has 0 unspecified atom stereocenters. The third-order valence-electron chi connectivity index (χ3n) is 2.59. The summed E-state index contributed by atoms with van der Waals surface area (Å²) in [6.45, 7) is 1.79. The lowest BCUT2D eigenvalue weighted by molar-refractivity contribution is 0.158. The quantitative estimate of drug-likeness (QED) is 0.726. The normalized spacial score (nSPS) is 11.5. The third kappa shape index (κ3) is 4.43. The van der Waals surface area contributed by atoms with Crippen LogP contribution in [0.2, 0.25) is 0 Å². The summed E-state index contributed by atoms with van der Waals surface area (Å²) in [5.41, 5.74) is 1.71. The summed E-state index contributed by atoms with van der Waals surface area (Å²) in [6.07, 6.45) is -0.632. The fourth-order valence-corrected chi connectivity index (χ4v) is 2.46. The van der Waals surface area contributed by atoms with Gasteiger partial charge in [-0.2, -0.15) is 13.1 Å². The Hall–Kier alpha value is -2.13. The van der Waals surface area contributed by atoms with Gasteiger partial charge >= 0.3 is 16.3 Å². The van der Waals surface area contributed by atoms with E-state index in [2.05, 4.69) is 19.4 Å². The van der Waals surface area contributed by atoms with E-state index in [0.717, 1.165) is 11.0 Å². The van der Waals surface area contributed by atoms with Gasteiger partial charge in [-0.05, 0) is 19.1 Å².